The van der Waals surface area contributed by atoms with Crippen molar-refractivity contribution in [2.75, 3.05) is 0 Å². The van der Waals surface area contributed by atoms with Gasteiger partial charge in [-0.15, -0.1) is 0 Å². The fourth-order valence-corrected chi connectivity index (χ4v) is 1.75. The first-order valence-corrected chi connectivity index (χ1v) is 5.79. The van der Waals surface area contributed by atoms with Crippen molar-refractivity contribution in [2.24, 2.45) is 5.73 Å². The lowest BCUT2D eigenvalue weighted by Gasteiger charge is -2.01. The molecule has 1 heterocycles. The summed E-state index contributed by atoms with van der Waals surface area (Å²) in [6.45, 7) is 3.83. The lowest BCUT2D eigenvalue weighted by atomic mass is 10.1. The number of nitrogens with two attached hydrogens (primary N) is 1. The lowest BCUT2D eigenvalue weighted by Crippen LogP contribution is -2.18. The highest BCUT2D eigenvalue weighted by atomic mass is 35.5. The maximum atomic E-state index is 6.19. The van der Waals surface area contributed by atoms with Crippen molar-refractivity contribution >= 4 is 11.6 Å². The van der Waals surface area contributed by atoms with Crippen LogP contribution in [-0.4, -0.2) is 16.2 Å². The number of aromatic nitrogens is 2. The molecule has 4 nitrogen and oxygen atoms in total. The molecule has 0 fully saturated rings. The average Bonchev–Trinajstić information content (AvgIpc) is 2.69. The van der Waals surface area contributed by atoms with E-state index in [2.05, 4.69) is 10.1 Å². The first-order chi connectivity index (χ1) is 8.08. The molecule has 0 aliphatic heterocycles. The maximum Gasteiger partial charge on any atom is 0.259 e. The summed E-state index contributed by atoms with van der Waals surface area (Å²) in [6.07, 6.45) is 0.590. The quantitative estimate of drug-likeness (QED) is 0.911. The molecule has 2 aromatic rings. The Kier molecular flexibility index (Phi) is 3.45. The molecule has 1 atom stereocenters. The second-order valence-corrected chi connectivity index (χ2v) is 4.51. The van der Waals surface area contributed by atoms with E-state index in [-0.39, 0.29) is 6.04 Å². The highest BCUT2D eigenvalue weighted by molar-refractivity contribution is 6.33. The number of aryl methyl sites for hydroxylation is 1. The lowest BCUT2D eigenvalue weighted by molar-refractivity contribution is 0.420. The van der Waals surface area contributed by atoms with Crippen LogP contribution in [0.5, 0.6) is 0 Å². The standard InChI is InChI=1S/C12H14ClN3O/c1-7-4-3-5-9(11(7)13)12-15-10(16-17-12)6-8(2)14/h3-5,8H,6,14H2,1-2H3. The fourth-order valence-electron chi connectivity index (χ4n) is 1.55. The minimum absolute atomic E-state index is 0.00781. The van der Waals surface area contributed by atoms with Crippen molar-refractivity contribution in [3.8, 4) is 11.5 Å². The summed E-state index contributed by atoms with van der Waals surface area (Å²) >= 11 is 6.19. The summed E-state index contributed by atoms with van der Waals surface area (Å²) in [4.78, 5) is 4.28. The topological polar surface area (TPSA) is 64.9 Å². The van der Waals surface area contributed by atoms with Crippen LogP contribution in [0.4, 0.5) is 0 Å². The zero-order chi connectivity index (χ0) is 12.4. The molecular formula is C12H14ClN3O. The maximum absolute atomic E-state index is 6.19. The smallest absolute Gasteiger partial charge is 0.259 e. The molecule has 5 heteroatoms. The Morgan fingerprint density at radius 3 is 2.94 bits per heavy atom. The van der Waals surface area contributed by atoms with Crippen molar-refractivity contribution in [1.82, 2.24) is 10.1 Å². The zero-order valence-electron chi connectivity index (χ0n) is 9.77. The summed E-state index contributed by atoms with van der Waals surface area (Å²) in [5.74, 6) is 1.04. The van der Waals surface area contributed by atoms with Crippen LogP contribution in [0.15, 0.2) is 22.7 Å². The Morgan fingerprint density at radius 1 is 1.47 bits per heavy atom. The van der Waals surface area contributed by atoms with Gasteiger partial charge < -0.3 is 10.3 Å². The normalized spacial score (nSPS) is 12.7. The minimum Gasteiger partial charge on any atom is -0.334 e. The van der Waals surface area contributed by atoms with Crippen LogP contribution >= 0.6 is 11.6 Å². The molecule has 0 aliphatic carbocycles. The van der Waals surface area contributed by atoms with Crippen molar-refractivity contribution in [3.05, 3.63) is 34.6 Å². The number of benzene rings is 1. The van der Waals surface area contributed by atoms with Crippen molar-refractivity contribution in [2.45, 2.75) is 26.3 Å². The van der Waals surface area contributed by atoms with E-state index in [0.29, 0.717) is 23.2 Å². The fraction of sp³-hybridized carbons (Fsp3) is 0.333. The molecule has 0 saturated heterocycles. The summed E-state index contributed by atoms with van der Waals surface area (Å²) in [5.41, 5.74) is 7.42. The number of hydrogen-bond acceptors (Lipinski definition) is 4. The summed E-state index contributed by atoms with van der Waals surface area (Å²) in [5, 5.41) is 4.52. The third-order valence-electron chi connectivity index (χ3n) is 2.39. The molecule has 0 radical (unpaired) electrons. The largest absolute Gasteiger partial charge is 0.334 e. The second kappa shape index (κ2) is 4.85. The molecule has 2 N–H and O–H groups in total. The van der Waals surface area contributed by atoms with Gasteiger partial charge in [0.2, 0.25) is 0 Å². The van der Waals surface area contributed by atoms with Gasteiger partial charge in [0.25, 0.3) is 5.89 Å². The molecule has 1 aromatic heterocycles. The van der Waals surface area contributed by atoms with Gasteiger partial charge in [-0.1, -0.05) is 28.9 Å². The van der Waals surface area contributed by atoms with Crippen molar-refractivity contribution in [1.29, 1.82) is 0 Å². The number of nitrogens with zero attached hydrogens (tertiary/aromatic N) is 2. The number of halogens is 1. The Morgan fingerprint density at radius 2 is 2.24 bits per heavy atom. The van der Waals surface area contributed by atoms with Crippen molar-refractivity contribution in [3.63, 3.8) is 0 Å². The molecule has 1 aromatic carbocycles. The average molecular weight is 252 g/mol. The summed E-state index contributed by atoms with van der Waals surface area (Å²) in [6, 6.07) is 5.71. The van der Waals surface area contributed by atoms with Gasteiger partial charge in [-0.05, 0) is 25.5 Å². The van der Waals surface area contributed by atoms with E-state index < -0.39 is 0 Å². The van der Waals surface area contributed by atoms with E-state index in [0.717, 1.165) is 11.1 Å². The Labute approximate surface area is 105 Å². The van der Waals surface area contributed by atoms with Crippen LogP contribution in [-0.2, 0) is 6.42 Å². The van der Waals surface area contributed by atoms with E-state index in [1.807, 2.05) is 32.0 Å². The summed E-state index contributed by atoms with van der Waals surface area (Å²) < 4.78 is 5.19. The van der Waals surface area contributed by atoms with Gasteiger partial charge in [-0.3, -0.25) is 0 Å². The van der Waals surface area contributed by atoms with Crippen LogP contribution in [0.2, 0.25) is 5.02 Å². The highest BCUT2D eigenvalue weighted by Crippen LogP contribution is 2.29. The van der Waals surface area contributed by atoms with E-state index in [1.54, 1.807) is 0 Å². The molecule has 0 spiro atoms. The minimum atomic E-state index is 0.00781. The number of hydrogen-bond donors (Lipinski definition) is 1. The van der Waals surface area contributed by atoms with Gasteiger partial charge in [0.05, 0.1) is 10.6 Å². The van der Waals surface area contributed by atoms with Crippen LogP contribution < -0.4 is 5.73 Å². The highest BCUT2D eigenvalue weighted by Gasteiger charge is 2.13. The third-order valence-corrected chi connectivity index (χ3v) is 2.90. The Balaban J connectivity index is 2.34. The van der Waals surface area contributed by atoms with E-state index >= 15 is 0 Å². The molecular weight excluding hydrogens is 238 g/mol. The zero-order valence-corrected chi connectivity index (χ0v) is 10.5. The van der Waals surface area contributed by atoms with E-state index in [9.17, 15) is 0 Å². The predicted octanol–water partition coefficient (Wildman–Crippen LogP) is 2.59. The van der Waals surface area contributed by atoms with Gasteiger partial charge >= 0.3 is 0 Å². The van der Waals surface area contributed by atoms with Crippen LogP contribution in [0.3, 0.4) is 0 Å². The summed E-state index contributed by atoms with van der Waals surface area (Å²) in [7, 11) is 0. The third kappa shape index (κ3) is 2.65. The molecule has 0 amide bonds. The van der Waals surface area contributed by atoms with Crippen LogP contribution in [0, 0.1) is 6.92 Å². The van der Waals surface area contributed by atoms with Crippen LogP contribution in [0.25, 0.3) is 11.5 Å². The second-order valence-electron chi connectivity index (χ2n) is 4.13. The monoisotopic (exact) mass is 251 g/mol. The van der Waals surface area contributed by atoms with Gasteiger partial charge in [0, 0.05) is 12.5 Å². The first kappa shape index (κ1) is 12.1. The Bertz CT molecular complexity index is 522. The predicted molar refractivity (Wildman–Crippen MR) is 66.8 cm³/mol. The number of rotatable bonds is 3. The molecule has 0 aliphatic rings. The molecule has 0 bridgehead atoms. The Hall–Kier alpha value is -1.39. The molecule has 2 rings (SSSR count). The molecule has 0 saturated carbocycles. The van der Waals surface area contributed by atoms with Gasteiger partial charge in [0.15, 0.2) is 5.82 Å². The van der Waals surface area contributed by atoms with Gasteiger partial charge in [-0.25, -0.2) is 0 Å². The molecule has 1 unspecified atom stereocenters. The van der Waals surface area contributed by atoms with Crippen LogP contribution in [0.1, 0.15) is 18.3 Å². The van der Waals surface area contributed by atoms with Gasteiger partial charge in [-0.2, -0.15) is 4.98 Å². The first-order valence-electron chi connectivity index (χ1n) is 5.41. The van der Waals surface area contributed by atoms with E-state index in [4.69, 9.17) is 21.9 Å². The molecule has 90 valence electrons. The van der Waals surface area contributed by atoms with E-state index in [1.165, 1.54) is 0 Å². The van der Waals surface area contributed by atoms with Gasteiger partial charge in [0.1, 0.15) is 0 Å². The molecule has 17 heavy (non-hydrogen) atoms. The van der Waals surface area contributed by atoms with Crippen molar-refractivity contribution < 1.29 is 4.52 Å². The SMILES string of the molecule is Cc1cccc(-c2nc(CC(C)N)no2)c1Cl.